The molecule has 1 N–H and O–H groups in total. The van der Waals surface area contributed by atoms with Gasteiger partial charge in [-0.1, -0.05) is 53.2 Å². The maximum absolute atomic E-state index is 11.9. The lowest BCUT2D eigenvalue weighted by Crippen LogP contribution is -2.31. The first-order chi connectivity index (χ1) is 11.5. The molecule has 0 aliphatic carbocycles. The summed E-state index contributed by atoms with van der Waals surface area (Å²) in [5.74, 6) is -0.874. The molecule has 0 saturated heterocycles. The third kappa shape index (κ3) is 3.69. The number of pyridine rings is 1. The van der Waals surface area contributed by atoms with E-state index in [2.05, 4.69) is 15.5 Å². The number of imide groups is 1. The first kappa shape index (κ1) is 16.8. The van der Waals surface area contributed by atoms with Crippen LogP contribution in [0.4, 0.5) is 0 Å². The van der Waals surface area contributed by atoms with E-state index < -0.39 is 11.8 Å². The summed E-state index contributed by atoms with van der Waals surface area (Å²) in [6.07, 6.45) is 1.61. The molecule has 2 amide bonds. The summed E-state index contributed by atoms with van der Waals surface area (Å²) in [5.41, 5.74) is 0.867. The average Bonchev–Trinajstić information content (AvgIpc) is 2.97. The molecule has 0 aliphatic rings. The van der Waals surface area contributed by atoms with Crippen LogP contribution < -0.4 is 5.32 Å². The van der Waals surface area contributed by atoms with Gasteiger partial charge in [-0.2, -0.15) is 0 Å². The number of halogens is 2. The minimum atomic E-state index is -0.446. The molecule has 0 fully saturated rings. The Bertz CT molecular complexity index is 914. The van der Waals surface area contributed by atoms with Crippen molar-refractivity contribution in [2.75, 3.05) is 5.75 Å². The number of fused-ring (bicyclic) bond motifs is 1. The standard InChI is InChI=1S/C15H10Cl2N4O2S/c16-10-6-11(17)13-19-20-15(21(13)7-10)24-8-12(22)18-14(23)9-4-2-1-3-5-9/h1-7H,8H2,(H,18,22,23). The van der Waals surface area contributed by atoms with E-state index in [4.69, 9.17) is 23.2 Å². The fourth-order valence-corrected chi connectivity index (χ4v) is 3.17. The number of aromatic nitrogens is 3. The minimum Gasteiger partial charge on any atom is -0.292 e. The number of hydrogen-bond donors (Lipinski definition) is 1. The van der Waals surface area contributed by atoms with E-state index >= 15 is 0 Å². The second-order valence-corrected chi connectivity index (χ2v) is 6.50. The quantitative estimate of drug-likeness (QED) is 0.703. The molecule has 9 heteroatoms. The second-order valence-electron chi connectivity index (χ2n) is 4.71. The van der Waals surface area contributed by atoms with Crippen molar-refractivity contribution in [3.05, 3.63) is 58.2 Å². The molecule has 0 bridgehead atoms. The summed E-state index contributed by atoms with van der Waals surface area (Å²) in [4.78, 5) is 23.8. The van der Waals surface area contributed by atoms with Crippen LogP contribution in [0.25, 0.3) is 5.65 Å². The molecule has 0 spiro atoms. The minimum absolute atomic E-state index is 0.00347. The van der Waals surface area contributed by atoms with Crippen molar-refractivity contribution in [3.8, 4) is 0 Å². The first-order valence-electron chi connectivity index (χ1n) is 6.76. The predicted octanol–water partition coefficient (Wildman–Crippen LogP) is 3.08. The number of rotatable bonds is 4. The van der Waals surface area contributed by atoms with Crippen LogP contribution in [0.15, 0.2) is 47.8 Å². The van der Waals surface area contributed by atoms with E-state index in [1.807, 2.05) is 0 Å². The Kier molecular flexibility index (Phi) is 5.03. The molecule has 122 valence electrons. The van der Waals surface area contributed by atoms with Crippen molar-refractivity contribution < 1.29 is 9.59 Å². The molecule has 0 radical (unpaired) electrons. The Morgan fingerprint density at radius 3 is 2.67 bits per heavy atom. The largest absolute Gasteiger partial charge is 0.292 e. The number of hydrogen-bond acceptors (Lipinski definition) is 5. The highest BCUT2D eigenvalue weighted by molar-refractivity contribution is 7.99. The third-order valence-corrected chi connectivity index (χ3v) is 4.44. The number of carbonyl (C=O) groups is 2. The van der Waals surface area contributed by atoms with Gasteiger partial charge in [-0.25, -0.2) is 0 Å². The highest BCUT2D eigenvalue weighted by Gasteiger charge is 2.14. The van der Waals surface area contributed by atoms with Crippen molar-refractivity contribution in [1.82, 2.24) is 19.9 Å². The monoisotopic (exact) mass is 380 g/mol. The molecule has 0 unspecified atom stereocenters. The fourth-order valence-electron chi connectivity index (χ4n) is 1.96. The van der Waals surface area contributed by atoms with E-state index in [9.17, 15) is 9.59 Å². The Balaban J connectivity index is 1.66. The van der Waals surface area contributed by atoms with Crippen LogP contribution in [-0.4, -0.2) is 32.2 Å². The molecule has 1 aromatic carbocycles. The third-order valence-electron chi connectivity index (χ3n) is 3.02. The SMILES string of the molecule is O=C(CSc1nnc2c(Cl)cc(Cl)cn12)NC(=O)c1ccccc1. The lowest BCUT2D eigenvalue weighted by Gasteiger charge is -2.04. The molecule has 0 saturated carbocycles. The average molecular weight is 381 g/mol. The molecule has 3 rings (SSSR count). The van der Waals surface area contributed by atoms with Gasteiger partial charge in [-0.3, -0.25) is 19.3 Å². The van der Waals surface area contributed by atoms with Crippen LogP contribution in [0.3, 0.4) is 0 Å². The topological polar surface area (TPSA) is 76.4 Å². The summed E-state index contributed by atoms with van der Waals surface area (Å²) in [6, 6.07) is 10.1. The zero-order valence-electron chi connectivity index (χ0n) is 12.1. The molecule has 0 atom stereocenters. The second kappa shape index (κ2) is 7.21. The summed E-state index contributed by atoms with van der Waals surface area (Å²) in [6.45, 7) is 0. The van der Waals surface area contributed by atoms with Gasteiger partial charge in [-0.05, 0) is 18.2 Å². The summed E-state index contributed by atoms with van der Waals surface area (Å²) in [5, 5.41) is 11.5. The molecular weight excluding hydrogens is 371 g/mol. The number of nitrogens with one attached hydrogen (secondary N) is 1. The van der Waals surface area contributed by atoms with E-state index in [0.717, 1.165) is 11.8 Å². The Morgan fingerprint density at radius 2 is 1.92 bits per heavy atom. The van der Waals surface area contributed by atoms with E-state index in [-0.39, 0.29) is 5.75 Å². The molecule has 2 aromatic heterocycles. The highest BCUT2D eigenvalue weighted by atomic mass is 35.5. The van der Waals surface area contributed by atoms with Crippen LogP contribution in [-0.2, 0) is 4.79 Å². The predicted molar refractivity (Wildman–Crippen MR) is 92.6 cm³/mol. The van der Waals surface area contributed by atoms with Gasteiger partial charge in [0.1, 0.15) is 0 Å². The Morgan fingerprint density at radius 1 is 1.17 bits per heavy atom. The van der Waals surface area contributed by atoms with Gasteiger partial charge >= 0.3 is 0 Å². The molecular formula is C15H10Cl2N4O2S. The number of amides is 2. The zero-order valence-corrected chi connectivity index (χ0v) is 14.4. The van der Waals surface area contributed by atoms with Crippen LogP contribution in [0.1, 0.15) is 10.4 Å². The van der Waals surface area contributed by atoms with Crippen molar-refractivity contribution >= 4 is 52.4 Å². The fraction of sp³-hybridized carbons (Fsp3) is 0.0667. The van der Waals surface area contributed by atoms with Crippen LogP contribution >= 0.6 is 35.0 Å². The maximum Gasteiger partial charge on any atom is 0.257 e. The van der Waals surface area contributed by atoms with Gasteiger partial charge in [-0.15, -0.1) is 10.2 Å². The van der Waals surface area contributed by atoms with Gasteiger partial charge in [0.2, 0.25) is 5.91 Å². The van der Waals surface area contributed by atoms with E-state index in [1.165, 1.54) is 0 Å². The molecule has 2 heterocycles. The Hall–Kier alpha value is -2.09. The van der Waals surface area contributed by atoms with Gasteiger partial charge in [0.25, 0.3) is 5.91 Å². The van der Waals surface area contributed by atoms with E-state index in [0.29, 0.717) is 26.4 Å². The Labute approximate surface area is 151 Å². The van der Waals surface area contributed by atoms with Crippen molar-refractivity contribution in [1.29, 1.82) is 0 Å². The summed E-state index contributed by atoms with van der Waals surface area (Å²) < 4.78 is 1.60. The van der Waals surface area contributed by atoms with Gasteiger partial charge in [0.05, 0.1) is 15.8 Å². The van der Waals surface area contributed by atoms with Gasteiger partial charge in [0, 0.05) is 11.8 Å². The van der Waals surface area contributed by atoms with Crippen molar-refractivity contribution in [2.24, 2.45) is 0 Å². The number of carbonyl (C=O) groups excluding carboxylic acids is 2. The summed E-state index contributed by atoms with van der Waals surface area (Å²) >= 11 is 13.1. The number of nitrogens with zero attached hydrogens (tertiary/aromatic N) is 3. The van der Waals surface area contributed by atoms with Crippen LogP contribution in [0.5, 0.6) is 0 Å². The first-order valence-corrected chi connectivity index (χ1v) is 8.50. The smallest absolute Gasteiger partial charge is 0.257 e. The zero-order chi connectivity index (χ0) is 17.1. The molecule has 3 aromatic rings. The lowest BCUT2D eigenvalue weighted by atomic mass is 10.2. The normalized spacial score (nSPS) is 10.8. The number of thioether (sulfide) groups is 1. The van der Waals surface area contributed by atoms with E-state index in [1.54, 1.807) is 47.0 Å². The van der Waals surface area contributed by atoms with Crippen molar-refractivity contribution in [3.63, 3.8) is 0 Å². The van der Waals surface area contributed by atoms with Gasteiger partial charge < -0.3 is 0 Å². The van der Waals surface area contributed by atoms with Crippen LogP contribution in [0, 0.1) is 0 Å². The maximum atomic E-state index is 11.9. The summed E-state index contributed by atoms with van der Waals surface area (Å²) in [7, 11) is 0. The molecule has 0 aliphatic heterocycles. The highest BCUT2D eigenvalue weighted by Crippen LogP contribution is 2.25. The van der Waals surface area contributed by atoms with Gasteiger partial charge in [0.15, 0.2) is 10.8 Å². The molecule has 24 heavy (non-hydrogen) atoms. The van der Waals surface area contributed by atoms with Crippen LogP contribution in [0.2, 0.25) is 10.0 Å². The number of benzene rings is 1. The molecule has 6 nitrogen and oxygen atoms in total. The lowest BCUT2D eigenvalue weighted by molar-refractivity contribution is -0.117. The van der Waals surface area contributed by atoms with Crippen molar-refractivity contribution in [2.45, 2.75) is 5.16 Å².